The molecule has 0 radical (unpaired) electrons. The van der Waals surface area contributed by atoms with Crippen LogP contribution in [0.3, 0.4) is 0 Å². The molecule has 0 bridgehead atoms. The van der Waals surface area contributed by atoms with Crippen molar-refractivity contribution in [2.75, 3.05) is 13.1 Å². The third kappa shape index (κ3) is 5.79. The van der Waals surface area contributed by atoms with Gasteiger partial charge in [-0.3, -0.25) is 0 Å². The van der Waals surface area contributed by atoms with Gasteiger partial charge in [-0.2, -0.15) is 13.2 Å². The molecular formula is C18H21F4IN4S. The molecule has 1 saturated carbocycles. The summed E-state index contributed by atoms with van der Waals surface area (Å²) in [5, 5.41) is 7.58. The lowest BCUT2D eigenvalue weighted by molar-refractivity contribution is -0.140. The minimum atomic E-state index is -4.44. The summed E-state index contributed by atoms with van der Waals surface area (Å²) in [6.45, 7) is 3.16. The zero-order valence-corrected chi connectivity index (χ0v) is 18.3. The highest BCUT2D eigenvalue weighted by atomic mass is 127. The van der Waals surface area contributed by atoms with Crippen molar-refractivity contribution in [1.29, 1.82) is 0 Å². The van der Waals surface area contributed by atoms with Crippen LogP contribution in [0.5, 0.6) is 0 Å². The number of rotatable bonds is 6. The second-order valence-electron chi connectivity index (χ2n) is 6.46. The van der Waals surface area contributed by atoms with E-state index in [0.29, 0.717) is 24.1 Å². The van der Waals surface area contributed by atoms with Crippen molar-refractivity contribution in [2.45, 2.75) is 37.9 Å². The number of hydrogen-bond acceptors (Lipinski definition) is 3. The summed E-state index contributed by atoms with van der Waals surface area (Å²) in [6.07, 6.45) is -2.54. The monoisotopic (exact) mass is 528 g/mol. The average molecular weight is 528 g/mol. The summed E-state index contributed by atoms with van der Waals surface area (Å²) in [7, 11) is 0. The van der Waals surface area contributed by atoms with Gasteiger partial charge in [0, 0.05) is 23.9 Å². The Morgan fingerprint density at radius 2 is 2.04 bits per heavy atom. The van der Waals surface area contributed by atoms with Crippen molar-refractivity contribution < 1.29 is 17.6 Å². The summed E-state index contributed by atoms with van der Waals surface area (Å²) in [4.78, 5) is 7.90. The Morgan fingerprint density at radius 3 is 2.61 bits per heavy atom. The van der Waals surface area contributed by atoms with Crippen LogP contribution in [0.2, 0.25) is 0 Å². The SMILES string of the molecule is CCNC(=NCc1nc(C(F)(F)F)cs1)NCC1(c2cccc(F)c2)CC1.I. The quantitative estimate of drug-likeness (QED) is 0.247. The van der Waals surface area contributed by atoms with Crippen molar-refractivity contribution >= 4 is 41.3 Å². The molecule has 0 saturated heterocycles. The Balaban J connectivity index is 0.00000280. The first-order valence-electron chi connectivity index (χ1n) is 8.62. The van der Waals surface area contributed by atoms with E-state index in [1.165, 1.54) is 6.07 Å². The van der Waals surface area contributed by atoms with Gasteiger partial charge in [0.15, 0.2) is 11.7 Å². The molecule has 154 valence electrons. The number of nitrogens with zero attached hydrogens (tertiary/aromatic N) is 2. The minimum Gasteiger partial charge on any atom is -0.357 e. The Bertz CT molecular complexity index is 818. The van der Waals surface area contributed by atoms with E-state index in [-0.39, 0.29) is 41.8 Å². The third-order valence-electron chi connectivity index (χ3n) is 4.44. The zero-order chi connectivity index (χ0) is 19.5. The Hall–Kier alpha value is -1.43. The zero-order valence-electron chi connectivity index (χ0n) is 15.1. The van der Waals surface area contributed by atoms with Gasteiger partial charge in [0.2, 0.25) is 0 Å². The fourth-order valence-corrected chi connectivity index (χ4v) is 3.52. The van der Waals surface area contributed by atoms with Gasteiger partial charge >= 0.3 is 6.18 Å². The van der Waals surface area contributed by atoms with Crippen molar-refractivity contribution in [3.63, 3.8) is 0 Å². The Labute approximate surface area is 181 Å². The van der Waals surface area contributed by atoms with Crippen molar-refractivity contribution in [1.82, 2.24) is 15.6 Å². The molecule has 2 aromatic rings. The normalized spacial score (nSPS) is 15.7. The van der Waals surface area contributed by atoms with Crippen molar-refractivity contribution in [3.8, 4) is 0 Å². The maximum absolute atomic E-state index is 13.5. The van der Waals surface area contributed by atoms with Gasteiger partial charge < -0.3 is 10.6 Å². The van der Waals surface area contributed by atoms with Crippen LogP contribution in [-0.4, -0.2) is 24.0 Å². The largest absolute Gasteiger partial charge is 0.434 e. The number of hydrogen-bond donors (Lipinski definition) is 2. The molecular weight excluding hydrogens is 507 g/mol. The van der Waals surface area contributed by atoms with Crippen LogP contribution < -0.4 is 10.6 Å². The molecule has 1 aromatic carbocycles. The average Bonchev–Trinajstić information content (AvgIpc) is 3.25. The molecule has 0 spiro atoms. The summed E-state index contributed by atoms with van der Waals surface area (Å²) in [6, 6.07) is 6.58. The number of guanidine groups is 1. The number of aromatic nitrogens is 1. The molecule has 0 aliphatic heterocycles. The lowest BCUT2D eigenvalue weighted by Gasteiger charge is -2.19. The second-order valence-corrected chi connectivity index (χ2v) is 7.41. The molecule has 0 unspecified atom stereocenters. The van der Waals surface area contributed by atoms with E-state index in [1.807, 2.05) is 13.0 Å². The minimum absolute atomic E-state index is 0. The molecule has 1 aliphatic rings. The van der Waals surface area contributed by atoms with Crippen LogP contribution in [0.1, 0.15) is 36.0 Å². The van der Waals surface area contributed by atoms with Crippen molar-refractivity contribution in [3.05, 3.63) is 51.7 Å². The molecule has 28 heavy (non-hydrogen) atoms. The fraction of sp³-hybridized carbons (Fsp3) is 0.444. The van der Waals surface area contributed by atoms with Gasteiger partial charge in [0.1, 0.15) is 10.8 Å². The molecule has 1 aliphatic carbocycles. The van der Waals surface area contributed by atoms with E-state index in [1.54, 1.807) is 12.1 Å². The first-order valence-corrected chi connectivity index (χ1v) is 9.50. The number of aliphatic imine (C=N–C) groups is 1. The summed E-state index contributed by atoms with van der Waals surface area (Å²) in [5.41, 5.74) is -0.0672. The van der Waals surface area contributed by atoms with Crippen molar-refractivity contribution in [2.24, 2.45) is 4.99 Å². The lowest BCUT2D eigenvalue weighted by Crippen LogP contribution is -2.41. The molecule has 4 nitrogen and oxygen atoms in total. The first kappa shape index (κ1) is 22.9. The fourth-order valence-electron chi connectivity index (χ4n) is 2.79. The van der Waals surface area contributed by atoms with Gasteiger partial charge in [0.25, 0.3) is 0 Å². The molecule has 0 amide bonds. The third-order valence-corrected chi connectivity index (χ3v) is 5.28. The molecule has 0 atom stereocenters. The molecule has 10 heteroatoms. The Kier molecular flexibility index (Phi) is 7.66. The van der Waals surface area contributed by atoms with E-state index in [0.717, 1.165) is 35.1 Å². The van der Waals surface area contributed by atoms with E-state index >= 15 is 0 Å². The van der Waals surface area contributed by atoms with Gasteiger partial charge in [-0.05, 0) is 37.5 Å². The first-order chi connectivity index (χ1) is 12.8. The van der Waals surface area contributed by atoms with Crippen LogP contribution in [-0.2, 0) is 18.1 Å². The van der Waals surface area contributed by atoms with Crippen LogP contribution in [0, 0.1) is 5.82 Å². The van der Waals surface area contributed by atoms with E-state index in [2.05, 4.69) is 20.6 Å². The van der Waals surface area contributed by atoms with E-state index in [4.69, 9.17) is 0 Å². The highest BCUT2D eigenvalue weighted by Gasteiger charge is 2.44. The number of nitrogens with one attached hydrogen (secondary N) is 2. The molecule has 2 N–H and O–H groups in total. The molecule has 1 aromatic heterocycles. The highest BCUT2D eigenvalue weighted by Crippen LogP contribution is 2.47. The van der Waals surface area contributed by atoms with Gasteiger partial charge in [-0.1, -0.05) is 12.1 Å². The van der Waals surface area contributed by atoms with Crippen LogP contribution in [0.25, 0.3) is 0 Å². The highest BCUT2D eigenvalue weighted by molar-refractivity contribution is 14.0. The standard InChI is InChI=1S/C18H20F4N4S.HI/c1-2-23-16(24-9-15-26-14(10-27-15)18(20,21)22)25-11-17(6-7-17)12-4-3-5-13(19)8-12;/h3-5,8,10H,2,6-7,9,11H2,1H3,(H2,23,24,25);1H. The molecule has 3 rings (SSSR count). The summed E-state index contributed by atoms with van der Waals surface area (Å²) in [5.74, 6) is 0.243. The number of alkyl halides is 3. The van der Waals surface area contributed by atoms with E-state index in [9.17, 15) is 17.6 Å². The van der Waals surface area contributed by atoms with Gasteiger partial charge in [-0.25, -0.2) is 14.4 Å². The Morgan fingerprint density at radius 1 is 1.29 bits per heavy atom. The predicted molar refractivity (Wildman–Crippen MR) is 113 cm³/mol. The number of benzene rings is 1. The maximum atomic E-state index is 13.5. The number of thiazole rings is 1. The van der Waals surface area contributed by atoms with Gasteiger partial charge in [-0.15, -0.1) is 35.3 Å². The topological polar surface area (TPSA) is 49.3 Å². The predicted octanol–water partition coefficient (Wildman–Crippen LogP) is 4.71. The number of halogens is 5. The second kappa shape index (κ2) is 9.38. The summed E-state index contributed by atoms with van der Waals surface area (Å²) >= 11 is 0.936. The van der Waals surface area contributed by atoms with E-state index < -0.39 is 11.9 Å². The lowest BCUT2D eigenvalue weighted by atomic mass is 9.96. The smallest absolute Gasteiger partial charge is 0.357 e. The maximum Gasteiger partial charge on any atom is 0.434 e. The van der Waals surface area contributed by atoms with Crippen LogP contribution in [0.15, 0.2) is 34.6 Å². The van der Waals surface area contributed by atoms with Crippen LogP contribution >= 0.6 is 35.3 Å². The van der Waals surface area contributed by atoms with Crippen LogP contribution in [0.4, 0.5) is 17.6 Å². The molecule has 1 fully saturated rings. The summed E-state index contributed by atoms with van der Waals surface area (Å²) < 4.78 is 51.4. The molecule has 1 heterocycles. The van der Waals surface area contributed by atoms with Gasteiger partial charge in [0.05, 0.1) is 6.54 Å².